The maximum Gasteiger partial charge on any atom is 0.270 e. The van der Waals surface area contributed by atoms with Crippen LogP contribution >= 0.6 is 24.0 Å². The average Bonchev–Trinajstić information content (AvgIpc) is 3.40. The standard InChI is InChI=1S/C24H30N4O3S2/c1-4-27-21(26-9-5-7-15(2)13-26)18(16(3)19(12-25)22(27)29)11-20-23(30)28(24(32)33-20)14-17-8-6-10-31-17/h11,15,17H,4-10,13-14H2,1-3H3. The van der Waals surface area contributed by atoms with Gasteiger partial charge in [-0.1, -0.05) is 30.9 Å². The minimum absolute atomic E-state index is 0.0196. The summed E-state index contributed by atoms with van der Waals surface area (Å²) < 4.78 is 7.91. The molecule has 0 N–H and O–H groups in total. The molecule has 7 nitrogen and oxygen atoms in total. The second-order valence-electron chi connectivity index (χ2n) is 9.02. The molecule has 3 aliphatic rings. The van der Waals surface area contributed by atoms with Crippen molar-refractivity contribution in [2.45, 2.75) is 59.1 Å². The van der Waals surface area contributed by atoms with E-state index >= 15 is 0 Å². The molecule has 4 rings (SSSR count). The van der Waals surface area contributed by atoms with E-state index in [1.165, 1.54) is 11.8 Å². The third-order valence-corrected chi connectivity index (χ3v) is 8.06. The third kappa shape index (κ3) is 4.61. The summed E-state index contributed by atoms with van der Waals surface area (Å²) in [4.78, 5) is 30.8. The van der Waals surface area contributed by atoms with Crippen LogP contribution in [0.3, 0.4) is 0 Å². The summed E-state index contributed by atoms with van der Waals surface area (Å²) in [6.07, 6.45) is 5.98. The van der Waals surface area contributed by atoms with Crippen LogP contribution in [0.15, 0.2) is 9.70 Å². The topological polar surface area (TPSA) is 78.6 Å². The van der Waals surface area contributed by atoms with E-state index in [9.17, 15) is 14.9 Å². The normalized spacial score (nSPS) is 24.7. The van der Waals surface area contributed by atoms with Crippen LogP contribution in [0, 0.1) is 24.2 Å². The Hall–Kier alpha value is -2.15. The number of carbonyl (C=O) groups is 1. The van der Waals surface area contributed by atoms with Crippen molar-refractivity contribution in [3.05, 3.63) is 31.9 Å². The molecule has 3 aliphatic heterocycles. The number of amides is 1. The lowest BCUT2D eigenvalue weighted by molar-refractivity contribution is -0.123. The van der Waals surface area contributed by atoms with Crippen molar-refractivity contribution in [2.24, 2.45) is 5.92 Å². The first-order valence-corrected chi connectivity index (χ1v) is 12.9. The van der Waals surface area contributed by atoms with E-state index in [0.29, 0.717) is 33.8 Å². The molecule has 0 aromatic carbocycles. The molecule has 1 amide bonds. The highest BCUT2D eigenvalue weighted by Gasteiger charge is 2.35. The van der Waals surface area contributed by atoms with Crippen LogP contribution in [0.25, 0.3) is 6.08 Å². The van der Waals surface area contributed by atoms with Crippen LogP contribution < -0.4 is 10.5 Å². The number of thiocarbonyl (C=S) groups is 1. The summed E-state index contributed by atoms with van der Waals surface area (Å²) in [6, 6.07) is 2.09. The Bertz CT molecular complexity index is 1100. The van der Waals surface area contributed by atoms with Gasteiger partial charge in [-0.2, -0.15) is 5.26 Å². The van der Waals surface area contributed by atoms with E-state index in [4.69, 9.17) is 17.0 Å². The Kier molecular flexibility index (Phi) is 7.27. The molecule has 9 heteroatoms. The number of anilines is 1. The molecular weight excluding hydrogens is 456 g/mol. The van der Waals surface area contributed by atoms with Gasteiger partial charge in [-0.3, -0.25) is 19.1 Å². The summed E-state index contributed by atoms with van der Waals surface area (Å²) >= 11 is 6.80. The van der Waals surface area contributed by atoms with Gasteiger partial charge in [0.2, 0.25) is 0 Å². The number of carbonyl (C=O) groups excluding carboxylic acids is 1. The van der Waals surface area contributed by atoms with Crippen molar-refractivity contribution in [3.8, 4) is 6.07 Å². The molecule has 3 fully saturated rings. The van der Waals surface area contributed by atoms with Gasteiger partial charge in [0, 0.05) is 31.8 Å². The molecule has 1 aromatic rings. The highest BCUT2D eigenvalue weighted by molar-refractivity contribution is 8.26. The Morgan fingerprint density at radius 2 is 2.09 bits per heavy atom. The number of nitriles is 1. The molecule has 0 radical (unpaired) electrons. The van der Waals surface area contributed by atoms with Crippen molar-refractivity contribution in [3.63, 3.8) is 0 Å². The molecule has 1 aromatic heterocycles. The van der Waals surface area contributed by atoms with Crippen molar-refractivity contribution >= 4 is 46.1 Å². The zero-order chi connectivity index (χ0) is 23.7. The number of nitrogens with zero attached hydrogens (tertiary/aromatic N) is 4. The summed E-state index contributed by atoms with van der Waals surface area (Å²) in [5.74, 6) is 1.17. The molecule has 2 atom stereocenters. The van der Waals surface area contributed by atoms with E-state index < -0.39 is 0 Å². The van der Waals surface area contributed by atoms with Gasteiger partial charge in [0.1, 0.15) is 21.8 Å². The highest BCUT2D eigenvalue weighted by Crippen LogP contribution is 2.37. The third-order valence-electron chi connectivity index (χ3n) is 6.68. The minimum atomic E-state index is -0.270. The molecular formula is C24H30N4O3S2. The number of ether oxygens (including phenoxy) is 1. The highest BCUT2D eigenvalue weighted by atomic mass is 32.2. The summed E-state index contributed by atoms with van der Waals surface area (Å²) in [7, 11) is 0. The van der Waals surface area contributed by atoms with Gasteiger partial charge >= 0.3 is 0 Å². The first-order chi connectivity index (χ1) is 15.8. The fourth-order valence-corrected chi connectivity index (χ4v) is 6.20. The van der Waals surface area contributed by atoms with Crippen LogP contribution in [-0.2, 0) is 16.1 Å². The quantitative estimate of drug-likeness (QED) is 0.464. The van der Waals surface area contributed by atoms with Crippen LogP contribution in [0.4, 0.5) is 5.82 Å². The molecule has 176 valence electrons. The number of rotatable bonds is 5. The van der Waals surface area contributed by atoms with Gasteiger partial charge < -0.3 is 9.64 Å². The van der Waals surface area contributed by atoms with Crippen molar-refractivity contribution in [1.29, 1.82) is 5.26 Å². The van der Waals surface area contributed by atoms with Crippen LogP contribution in [0.5, 0.6) is 0 Å². The van der Waals surface area contributed by atoms with E-state index in [0.717, 1.165) is 56.8 Å². The molecule has 0 aliphatic carbocycles. The molecule has 2 unspecified atom stereocenters. The molecule has 4 heterocycles. The SMILES string of the molecule is CCn1c(N2CCCC(C)C2)c(C=C2SC(=S)N(CC3CCCO3)C2=O)c(C)c(C#N)c1=O. The number of aromatic nitrogens is 1. The van der Waals surface area contributed by atoms with Crippen molar-refractivity contribution in [1.82, 2.24) is 9.47 Å². The number of pyridine rings is 1. The second kappa shape index (κ2) is 10.00. The van der Waals surface area contributed by atoms with Gasteiger partial charge in [0.05, 0.1) is 17.6 Å². The zero-order valence-corrected chi connectivity index (χ0v) is 21.1. The Morgan fingerprint density at radius 1 is 1.30 bits per heavy atom. The number of hydrogen-bond donors (Lipinski definition) is 0. The van der Waals surface area contributed by atoms with E-state index in [1.807, 2.05) is 13.0 Å². The predicted molar refractivity (Wildman–Crippen MR) is 135 cm³/mol. The monoisotopic (exact) mass is 486 g/mol. The Morgan fingerprint density at radius 3 is 2.73 bits per heavy atom. The minimum Gasteiger partial charge on any atom is -0.376 e. The van der Waals surface area contributed by atoms with Crippen molar-refractivity contribution < 1.29 is 9.53 Å². The van der Waals surface area contributed by atoms with Gasteiger partial charge in [-0.05, 0) is 57.1 Å². The largest absolute Gasteiger partial charge is 0.376 e. The molecule has 0 bridgehead atoms. The van der Waals surface area contributed by atoms with Crippen LogP contribution in [-0.4, -0.2) is 52.0 Å². The summed E-state index contributed by atoms with van der Waals surface area (Å²) in [5, 5.41) is 9.73. The predicted octanol–water partition coefficient (Wildman–Crippen LogP) is 3.66. The molecule has 0 spiro atoms. The van der Waals surface area contributed by atoms with Crippen LogP contribution in [0.2, 0.25) is 0 Å². The molecule has 0 saturated carbocycles. The fourth-order valence-electron chi connectivity index (χ4n) is 4.94. The van der Waals surface area contributed by atoms with E-state index in [-0.39, 0.29) is 23.1 Å². The summed E-state index contributed by atoms with van der Waals surface area (Å²) in [5.41, 5.74) is 1.24. The van der Waals surface area contributed by atoms with Gasteiger partial charge in [-0.15, -0.1) is 0 Å². The van der Waals surface area contributed by atoms with Gasteiger partial charge in [-0.25, -0.2) is 0 Å². The lowest BCUT2D eigenvalue weighted by Gasteiger charge is -2.35. The van der Waals surface area contributed by atoms with Crippen LogP contribution in [0.1, 0.15) is 56.2 Å². The van der Waals surface area contributed by atoms with Gasteiger partial charge in [0.25, 0.3) is 11.5 Å². The lowest BCUT2D eigenvalue weighted by Crippen LogP contribution is -2.40. The zero-order valence-electron chi connectivity index (χ0n) is 19.4. The van der Waals surface area contributed by atoms with E-state index in [1.54, 1.807) is 16.4 Å². The Balaban J connectivity index is 1.80. The number of thioether (sulfide) groups is 1. The lowest BCUT2D eigenvalue weighted by atomic mass is 9.98. The van der Waals surface area contributed by atoms with Gasteiger partial charge in [0.15, 0.2) is 0 Å². The smallest absolute Gasteiger partial charge is 0.270 e. The summed E-state index contributed by atoms with van der Waals surface area (Å²) in [6.45, 7) is 9.26. The average molecular weight is 487 g/mol. The molecule has 33 heavy (non-hydrogen) atoms. The first-order valence-electron chi connectivity index (χ1n) is 11.6. The first kappa shape index (κ1) is 24.0. The van der Waals surface area contributed by atoms with E-state index in [2.05, 4.69) is 17.9 Å². The van der Waals surface area contributed by atoms with Crippen molar-refractivity contribution in [2.75, 3.05) is 31.1 Å². The fraction of sp³-hybridized carbons (Fsp3) is 0.583. The number of piperidine rings is 1. The molecule has 3 saturated heterocycles. The number of hydrogen-bond acceptors (Lipinski definition) is 7. The maximum atomic E-state index is 13.3. The second-order valence-corrected chi connectivity index (χ2v) is 10.7. The Labute approximate surface area is 204 Å². The maximum absolute atomic E-state index is 13.3.